The summed E-state index contributed by atoms with van der Waals surface area (Å²) in [6, 6.07) is 11.1. The van der Waals surface area contributed by atoms with Crippen molar-refractivity contribution in [1.29, 1.82) is 0 Å². The highest BCUT2D eigenvalue weighted by Crippen LogP contribution is 2.23. The van der Waals surface area contributed by atoms with Crippen molar-refractivity contribution in [1.82, 2.24) is 0 Å². The van der Waals surface area contributed by atoms with E-state index in [0.717, 1.165) is 5.56 Å². The highest BCUT2D eigenvalue weighted by atomic mass is 32.2. The molecular formula is C18H22N2O5S2. The first kappa shape index (κ1) is 19.7. The molecule has 2 aromatic carbocycles. The summed E-state index contributed by atoms with van der Waals surface area (Å²) in [6.07, 6.45) is -0.961. The minimum atomic E-state index is -3.72. The molecule has 0 unspecified atom stereocenters. The van der Waals surface area contributed by atoms with E-state index in [0.29, 0.717) is 16.9 Å². The van der Waals surface area contributed by atoms with Crippen LogP contribution in [0.15, 0.2) is 47.4 Å². The molecule has 0 bridgehead atoms. The van der Waals surface area contributed by atoms with Crippen LogP contribution in [0.25, 0.3) is 0 Å². The lowest BCUT2D eigenvalue weighted by atomic mass is 10.2. The van der Waals surface area contributed by atoms with Gasteiger partial charge in [0.1, 0.15) is 0 Å². The van der Waals surface area contributed by atoms with Gasteiger partial charge >= 0.3 is 0 Å². The molecule has 0 saturated carbocycles. The van der Waals surface area contributed by atoms with Crippen molar-refractivity contribution in [3.63, 3.8) is 0 Å². The number of hydrogen-bond donors (Lipinski definition) is 3. The minimum absolute atomic E-state index is 0.130. The minimum Gasteiger partial charge on any atom is -0.390 e. The van der Waals surface area contributed by atoms with Gasteiger partial charge in [-0.05, 0) is 55.3 Å². The summed E-state index contributed by atoms with van der Waals surface area (Å²) in [7, 11) is -6.96. The first-order valence-corrected chi connectivity index (χ1v) is 11.7. The zero-order valence-electron chi connectivity index (χ0n) is 15.0. The van der Waals surface area contributed by atoms with Crippen LogP contribution in [0.2, 0.25) is 0 Å². The molecule has 0 spiro atoms. The van der Waals surface area contributed by atoms with Crippen molar-refractivity contribution in [3.8, 4) is 0 Å². The average molecular weight is 411 g/mol. The standard InChI is InChI=1S/C18H22N2O5S2/c1-12-3-4-13(2)18(9-12)27(24,25)20-15-7-5-14(6-8-15)19-16-10-26(22,23)11-17(16)21/h3-9,16-17,19-21H,10-11H2,1-2H3/t16-,17-/m1/s1. The second-order valence-corrected chi connectivity index (χ2v) is 10.7. The number of rotatable bonds is 5. The van der Waals surface area contributed by atoms with Gasteiger partial charge in [0.25, 0.3) is 10.0 Å². The smallest absolute Gasteiger partial charge is 0.262 e. The predicted octanol–water partition coefficient (Wildman–Crippen LogP) is 1.67. The van der Waals surface area contributed by atoms with Crippen LogP contribution in [-0.4, -0.2) is 45.6 Å². The van der Waals surface area contributed by atoms with Crippen molar-refractivity contribution < 1.29 is 21.9 Å². The summed E-state index contributed by atoms with van der Waals surface area (Å²) in [5, 5.41) is 12.8. The summed E-state index contributed by atoms with van der Waals surface area (Å²) in [4.78, 5) is 0.226. The molecule has 0 radical (unpaired) electrons. The maximum absolute atomic E-state index is 12.6. The first-order chi connectivity index (χ1) is 12.6. The molecule has 0 aliphatic carbocycles. The molecule has 1 saturated heterocycles. The molecule has 0 aromatic heterocycles. The Morgan fingerprint density at radius 3 is 2.22 bits per heavy atom. The third-order valence-electron chi connectivity index (χ3n) is 4.44. The highest BCUT2D eigenvalue weighted by Gasteiger charge is 2.36. The molecule has 27 heavy (non-hydrogen) atoms. The van der Waals surface area contributed by atoms with Crippen LogP contribution in [0.1, 0.15) is 11.1 Å². The molecule has 146 valence electrons. The van der Waals surface area contributed by atoms with Crippen LogP contribution in [0.4, 0.5) is 11.4 Å². The summed E-state index contributed by atoms with van der Waals surface area (Å²) in [5.74, 6) is -0.381. The molecular weight excluding hydrogens is 388 g/mol. The van der Waals surface area contributed by atoms with E-state index in [4.69, 9.17) is 0 Å². The second kappa shape index (κ2) is 7.14. The number of nitrogens with one attached hydrogen (secondary N) is 2. The van der Waals surface area contributed by atoms with Gasteiger partial charge in [-0.1, -0.05) is 12.1 Å². The Labute approximate surface area is 159 Å². The Morgan fingerprint density at radius 1 is 1.00 bits per heavy atom. The van der Waals surface area contributed by atoms with Crippen LogP contribution in [0.3, 0.4) is 0 Å². The maximum Gasteiger partial charge on any atom is 0.262 e. The number of benzene rings is 2. The number of aliphatic hydroxyl groups excluding tert-OH is 1. The van der Waals surface area contributed by atoms with E-state index >= 15 is 0 Å². The van der Waals surface area contributed by atoms with Gasteiger partial charge in [0.05, 0.1) is 28.5 Å². The molecule has 3 rings (SSSR count). The van der Waals surface area contributed by atoms with E-state index in [9.17, 15) is 21.9 Å². The van der Waals surface area contributed by atoms with Crippen molar-refractivity contribution in [2.45, 2.75) is 30.9 Å². The number of aryl methyl sites for hydroxylation is 2. The lowest BCUT2D eigenvalue weighted by Crippen LogP contribution is -2.31. The molecule has 7 nitrogen and oxygen atoms in total. The number of sulfonamides is 1. The largest absolute Gasteiger partial charge is 0.390 e. The van der Waals surface area contributed by atoms with Gasteiger partial charge in [-0.2, -0.15) is 0 Å². The van der Waals surface area contributed by atoms with Gasteiger partial charge in [-0.15, -0.1) is 0 Å². The van der Waals surface area contributed by atoms with Gasteiger partial charge < -0.3 is 10.4 Å². The molecule has 0 amide bonds. The summed E-state index contributed by atoms with van der Waals surface area (Å²) in [6.45, 7) is 3.57. The predicted molar refractivity (Wildman–Crippen MR) is 105 cm³/mol. The quantitative estimate of drug-likeness (QED) is 0.691. The molecule has 3 N–H and O–H groups in total. The van der Waals surface area contributed by atoms with Crippen molar-refractivity contribution in [2.75, 3.05) is 21.5 Å². The molecule has 9 heteroatoms. The van der Waals surface area contributed by atoms with E-state index in [2.05, 4.69) is 10.0 Å². The molecule has 1 fully saturated rings. The third-order valence-corrected chi connectivity index (χ3v) is 7.68. The normalized spacial score (nSPS) is 21.7. The van der Waals surface area contributed by atoms with Gasteiger partial charge in [0, 0.05) is 11.4 Å². The van der Waals surface area contributed by atoms with Crippen LogP contribution in [0.5, 0.6) is 0 Å². The highest BCUT2D eigenvalue weighted by molar-refractivity contribution is 7.92. The van der Waals surface area contributed by atoms with Crippen LogP contribution in [-0.2, 0) is 19.9 Å². The topological polar surface area (TPSA) is 113 Å². The molecule has 1 aliphatic rings. The van der Waals surface area contributed by atoms with E-state index in [-0.39, 0.29) is 16.4 Å². The molecule has 1 heterocycles. The fourth-order valence-electron chi connectivity index (χ4n) is 3.02. The van der Waals surface area contributed by atoms with E-state index in [1.807, 2.05) is 13.0 Å². The first-order valence-electron chi connectivity index (χ1n) is 8.41. The van der Waals surface area contributed by atoms with Crippen LogP contribution >= 0.6 is 0 Å². The number of sulfone groups is 1. The van der Waals surface area contributed by atoms with Gasteiger partial charge in [-0.3, -0.25) is 4.72 Å². The van der Waals surface area contributed by atoms with E-state index in [1.165, 1.54) is 0 Å². The summed E-state index contributed by atoms with van der Waals surface area (Å²) in [5.41, 5.74) is 2.50. The average Bonchev–Trinajstić information content (AvgIpc) is 2.83. The number of hydrogen-bond acceptors (Lipinski definition) is 6. The summed E-state index contributed by atoms with van der Waals surface area (Å²) < 4.78 is 50.9. The van der Waals surface area contributed by atoms with Crippen molar-refractivity contribution in [2.24, 2.45) is 0 Å². The Balaban J connectivity index is 1.73. The van der Waals surface area contributed by atoms with E-state index in [1.54, 1.807) is 43.3 Å². The number of anilines is 2. The SMILES string of the molecule is Cc1ccc(C)c(S(=O)(=O)Nc2ccc(N[C@@H]3CS(=O)(=O)C[C@H]3O)cc2)c1. The Hall–Kier alpha value is -2.10. The molecule has 1 aliphatic heterocycles. The zero-order chi connectivity index (χ0) is 19.8. The van der Waals surface area contributed by atoms with Crippen molar-refractivity contribution in [3.05, 3.63) is 53.6 Å². The van der Waals surface area contributed by atoms with Crippen LogP contribution < -0.4 is 10.0 Å². The maximum atomic E-state index is 12.6. The van der Waals surface area contributed by atoms with Crippen LogP contribution in [0, 0.1) is 13.8 Å². The summed E-state index contributed by atoms with van der Waals surface area (Å²) >= 11 is 0. The Bertz CT molecular complexity index is 1050. The second-order valence-electron chi connectivity index (χ2n) is 6.85. The third kappa shape index (κ3) is 4.60. The monoisotopic (exact) mass is 410 g/mol. The van der Waals surface area contributed by atoms with Gasteiger partial charge in [0.15, 0.2) is 9.84 Å². The van der Waals surface area contributed by atoms with Gasteiger partial charge in [0.2, 0.25) is 0 Å². The van der Waals surface area contributed by atoms with Crippen molar-refractivity contribution >= 4 is 31.2 Å². The fourth-order valence-corrected chi connectivity index (χ4v) is 6.15. The molecule has 2 aromatic rings. The lowest BCUT2D eigenvalue weighted by Gasteiger charge is -2.17. The Morgan fingerprint density at radius 2 is 1.63 bits per heavy atom. The molecule has 2 atom stereocenters. The zero-order valence-corrected chi connectivity index (χ0v) is 16.6. The Kier molecular flexibility index (Phi) is 5.20. The van der Waals surface area contributed by atoms with Gasteiger partial charge in [-0.25, -0.2) is 16.8 Å². The number of aliphatic hydroxyl groups is 1. The van der Waals surface area contributed by atoms with E-state index < -0.39 is 32.0 Å². The lowest BCUT2D eigenvalue weighted by molar-refractivity contribution is 0.190. The fraction of sp³-hybridized carbons (Fsp3) is 0.333.